The molecule has 4 aliphatic rings. The van der Waals surface area contributed by atoms with Crippen molar-refractivity contribution in [2.24, 2.45) is 0 Å². The van der Waals surface area contributed by atoms with Crippen LogP contribution in [0.15, 0.2) is 176 Å². The van der Waals surface area contributed by atoms with Gasteiger partial charge in [0.1, 0.15) is 0 Å². The minimum absolute atomic E-state index is 0.109. The van der Waals surface area contributed by atoms with Crippen molar-refractivity contribution in [3.8, 4) is 56.4 Å². The number of hydrogen-bond donors (Lipinski definition) is 0. The largest absolute Gasteiger partial charge is 0.244 e. The summed E-state index contributed by atoms with van der Waals surface area (Å²) in [4.78, 5) is 21.9. The second kappa shape index (κ2) is 14.9. The van der Waals surface area contributed by atoms with E-state index in [-0.39, 0.29) is 5.41 Å². The van der Waals surface area contributed by atoms with E-state index in [9.17, 15) is 0 Å². The summed E-state index contributed by atoms with van der Waals surface area (Å²) >= 11 is 0. The van der Waals surface area contributed by atoms with E-state index in [0.717, 1.165) is 99.7 Å². The summed E-state index contributed by atoms with van der Waals surface area (Å²) in [6.07, 6.45) is 27.2. The van der Waals surface area contributed by atoms with E-state index in [1.165, 1.54) is 27.8 Å². The Labute approximate surface area is 341 Å². The van der Waals surface area contributed by atoms with E-state index in [2.05, 4.69) is 172 Å². The fraction of sp³-hybridized carbons (Fsp3) is 0.148. The second-order valence-corrected chi connectivity index (χ2v) is 15.9. The molecule has 4 nitrogen and oxygen atoms in total. The number of allylic oxidation sites excluding steroid dienone is 14. The molecule has 0 aliphatic heterocycles. The molecular weight excluding hydrogens is 705 g/mol. The summed E-state index contributed by atoms with van der Waals surface area (Å²) in [6.45, 7) is 4.73. The first-order chi connectivity index (χ1) is 28.5. The summed E-state index contributed by atoms with van der Waals surface area (Å²) in [6, 6.07) is 38.1. The maximum absolute atomic E-state index is 5.81. The van der Waals surface area contributed by atoms with E-state index in [1.807, 2.05) is 12.1 Å². The molecule has 10 rings (SSSR count). The summed E-state index contributed by atoms with van der Waals surface area (Å²) in [5.41, 5.74) is 18.1. The van der Waals surface area contributed by atoms with E-state index in [0.29, 0.717) is 5.82 Å². The van der Waals surface area contributed by atoms with Crippen LogP contribution >= 0.6 is 0 Å². The molecule has 58 heavy (non-hydrogen) atoms. The van der Waals surface area contributed by atoms with Crippen molar-refractivity contribution in [1.82, 2.24) is 19.9 Å². The molecule has 0 bridgehead atoms. The van der Waals surface area contributed by atoms with Gasteiger partial charge in [0.25, 0.3) is 0 Å². The highest BCUT2D eigenvalue weighted by molar-refractivity contribution is 5.97. The summed E-state index contributed by atoms with van der Waals surface area (Å²) in [7, 11) is 0. The number of benzene rings is 4. The van der Waals surface area contributed by atoms with Crippen LogP contribution in [0.3, 0.4) is 0 Å². The quantitative estimate of drug-likeness (QED) is 0.163. The Balaban J connectivity index is 1.21. The maximum atomic E-state index is 5.81. The first-order valence-electron chi connectivity index (χ1n) is 20.5. The van der Waals surface area contributed by atoms with Gasteiger partial charge in [0.15, 0.2) is 5.82 Å². The minimum Gasteiger partial charge on any atom is -0.244 e. The van der Waals surface area contributed by atoms with Gasteiger partial charge in [0.2, 0.25) is 0 Å². The predicted molar refractivity (Wildman–Crippen MR) is 240 cm³/mol. The Hall–Kier alpha value is -6.78. The van der Waals surface area contributed by atoms with Crippen molar-refractivity contribution in [2.75, 3.05) is 0 Å². The number of aromatic nitrogens is 4. The van der Waals surface area contributed by atoms with E-state index in [4.69, 9.17) is 19.9 Å². The normalized spacial score (nSPS) is 16.4. The van der Waals surface area contributed by atoms with Crippen molar-refractivity contribution >= 4 is 16.7 Å². The number of nitrogens with zero attached hydrogens (tertiary/aromatic N) is 4. The number of rotatable bonds is 7. The fourth-order valence-electron chi connectivity index (χ4n) is 8.91. The molecule has 6 aromatic rings. The zero-order chi connectivity index (χ0) is 39.1. The molecule has 0 fully saturated rings. The third-order valence-electron chi connectivity index (χ3n) is 11.9. The van der Waals surface area contributed by atoms with Crippen LogP contribution in [0.1, 0.15) is 68.5 Å². The van der Waals surface area contributed by atoms with Crippen molar-refractivity contribution in [3.05, 3.63) is 198 Å². The highest BCUT2D eigenvalue weighted by Gasteiger charge is 2.38. The summed E-state index contributed by atoms with van der Waals surface area (Å²) in [5.74, 6) is 0.667. The van der Waals surface area contributed by atoms with Gasteiger partial charge in [-0.1, -0.05) is 172 Å². The van der Waals surface area contributed by atoms with Crippen LogP contribution in [0.2, 0.25) is 0 Å². The number of hydrogen-bond acceptors (Lipinski definition) is 4. The molecule has 2 aromatic heterocycles. The Kier molecular flexibility index (Phi) is 9.18. The van der Waals surface area contributed by atoms with Gasteiger partial charge in [0, 0.05) is 33.2 Å². The SMILES string of the molecule is CC1(C)C2=C(C=CC=CC2)c2c(-c3nc(-c4cccc(-c5nc(-c6ccccc6)cc(-c6ccccc6)n5)c4)c(C4=CCCC=C4)nc3C3=CC=CCC3)cccc21. The first kappa shape index (κ1) is 35.6. The van der Waals surface area contributed by atoms with Crippen LogP contribution in [-0.4, -0.2) is 19.9 Å². The Morgan fingerprint density at radius 3 is 1.98 bits per heavy atom. The molecule has 280 valence electrons. The van der Waals surface area contributed by atoms with Crippen LogP contribution in [0, 0.1) is 0 Å². The Bertz CT molecular complexity index is 2750. The van der Waals surface area contributed by atoms with Crippen LogP contribution in [0.25, 0.3) is 73.1 Å². The molecule has 0 spiro atoms. The van der Waals surface area contributed by atoms with E-state index >= 15 is 0 Å². The Morgan fingerprint density at radius 2 is 1.26 bits per heavy atom. The zero-order valence-corrected chi connectivity index (χ0v) is 33.0. The average molecular weight is 749 g/mol. The van der Waals surface area contributed by atoms with Crippen LogP contribution < -0.4 is 0 Å². The predicted octanol–water partition coefficient (Wildman–Crippen LogP) is 13.6. The van der Waals surface area contributed by atoms with Crippen LogP contribution in [0.5, 0.6) is 0 Å². The van der Waals surface area contributed by atoms with Gasteiger partial charge in [-0.25, -0.2) is 19.9 Å². The maximum Gasteiger partial charge on any atom is 0.160 e. The molecular formula is C54H44N4. The van der Waals surface area contributed by atoms with Gasteiger partial charge in [-0.2, -0.15) is 0 Å². The lowest BCUT2D eigenvalue weighted by Crippen LogP contribution is -2.17. The third-order valence-corrected chi connectivity index (χ3v) is 11.9. The molecule has 0 N–H and O–H groups in total. The van der Waals surface area contributed by atoms with Crippen LogP contribution in [0.4, 0.5) is 0 Å². The lowest BCUT2D eigenvalue weighted by Gasteiger charge is -2.25. The highest BCUT2D eigenvalue weighted by atomic mass is 14.9. The molecule has 0 saturated heterocycles. The minimum atomic E-state index is -0.109. The fourth-order valence-corrected chi connectivity index (χ4v) is 8.91. The van der Waals surface area contributed by atoms with Gasteiger partial charge >= 0.3 is 0 Å². The van der Waals surface area contributed by atoms with Crippen LogP contribution in [-0.2, 0) is 5.41 Å². The second-order valence-electron chi connectivity index (χ2n) is 15.9. The van der Waals surface area contributed by atoms with Gasteiger partial charge in [-0.05, 0) is 77.7 Å². The molecule has 4 aliphatic carbocycles. The average Bonchev–Trinajstić information content (AvgIpc) is 3.42. The Morgan fingerprint density at radius 1 is 0.534 bits per heavy atom. The molecule has 0 unspecified atom stereocenters. The third kappa shape index (κ3) is 6.45. The molecule has 0 amide bonds. The molecule has 0 saturated carbocycles. The highest BCUT2D eigenvalue weighted by Crippen LogP contribution is 2.52. The lowest BCUT2D eigenvalue weighted by atomic mass is 9.79. The lowest BCUT2D eigenvalue weighted by molar-refractivity contribution is 0.626. The monoisotopic (exact) mass is 748 g/mol. The molecule has 0 radical (unpaired) electrons. The first-order valence-corrected chi connectivity index (χ1v) is 20.5. The standard InChI is InChI=1S/C54H44N4/c1-54(2)44-32-17-7-16-30-42(44)48-43(31-19-33-45(48)54)52-50(39-26-14-6-15-27-39)57-49(38-24-12-5-13-25-38)51(58-52)40-28-18-29-41(34-40)53-55-46(36-20-8-3-9-21-36)35-47(56-53)37-22-10-4-11-23-37/h3-4,6-12,14,16-26,28-31,33-35H,5,13,15,27,32H2,1-2H3. The molecule has 2 heterocycles. The molecule has 0 atom stereocenters. The smallest absolute Gasteiger partial charge is 0.160 e. The molecule has 4 aromatic carbocycles. The van der Waals surface area contributed by atoms with Gasteiger partial charge < -0.3 is 0 Å². The van der Waals surface area contributed by atoms with Crippen molar-refractivity contribution in [3.63, 3.8) is 0 Å². The summed E-state index contributed by atoms with van der Waals surface area (Å²) in [5, 5.41) is 0. The van der Waals surface area contributed by atoms with Crippen molar-refractivity contribution in [2.45, 2.75) is 51.4 Å². The topological polar surface area (TPSA) is 51.6 Å². The summed E-state index contributed by atoms with van der Waals surface area (Å²) < 4.78 is 0. The molecule has 4 heteroatoms. The van der Waals surface area contributed by atoms with Gasteiger partial charge in [-0.3, -0.25) is 0 Å². The van der Waals surface area contributed by atoms with Crippen molar-refractivity contribution < 1.29 is 0 Å². The van der Waals surface area contributed by atoms with Gasteiger partial charge in [-0.15, -0.1) is 0 Å². The number of fused-ring (bicyclic) bond motifs is 2. The zero-order valence-electron chi connectivity index (χ0n) is 33.0. The van der Waals surface area contributed by atoms with Crippen molar-refractivity contribution in [1.29, 1.82) is 0 Å². The van der Waals surface area contributed by atoms with Gasteiger partial charge in [0.05, 0.1) is 34.2 Å². The van der Waals surface area contributed by atoms with E-state index in [1.54, 1.807) is 0 Å². The van der Waals surface area contributed by atoms with E-state index < -0.39 is 0 Å².